The Labute approximate surface area is 86.7 Å². The van der Waals surface area contributed by atoms with Gasteiger partial charge in [0, 0.05) is 11.6 Å². The zero-order chi connectivity index (χ0) is 10.3. The molecule has 0 amide bonds. The number of alkyl halides is 1. The highest BCUT2D eigenvalue weighted by Gasteiger charge is 2.52. The molecule has 0 aromatic carbocycles. The maximum absolute atomic E-state index is 13.7. The van der Waals surface area contributed by atoms with E-state index in [0.29, 0.717) is 5.92 Å². The maximum atomic E-state index is 13.7. The molecule has 2 fully saturated rings. The molecule has 2 aliphatic heterocycles. The van der Waals surface area contributed by atoms with E-state index in [1.54, 1.807) is 0 Å². The molecule has 0 radical (unpaired) electrons. The zero-order valence-electron chi connectivity index (χ0n) is 9.59. The number of hydrogen-bond donors (Lipinski definition) is 0. The van der Waals surface area contributed by atoms with Gasteiger partial charge in [-0.1, -0.05) is 13.8 Å². The molecule has 0 unspecified atom stereocenters. The summed E-state index contributed by atoms with van der Waals surface area (Å²) >= 11 is 0. The summed E-state index contributed by atoms with van der Waals surface area (Å²) in [6.07, 6.45) is 3.86. The Morgan fingerprint density at radius 3 is 2.86 bits per heavy atom. The first-order valence-corrected chi connectivity index (χ1v) is 5.96. The molecule has 82 valence electrons. The smallest absolute Gasteiger partial charge is 0.117 e. The van der Waals surface area contributed by atoms with Gasteiger partial charge in [-0.3, -0.25) is 4.90 Å². The molecule has 3 atom stereocenters. The molecule has 0 spiro atoms. The Morgan fingerprint density at radius 2 is 2.21 bits per heavy atom. The van der Waals surface area contributed by atoms with E-state index in [0.717, 1.165) is 13.0 Å². The third-order valence-electron chi connectivity index (χ3n) is 4.03. The van der Waals surface area contributed by atoms with Crippen LogP contribution in [0.15, 0.2) is 0 Å². The highest BCUT2D eigenvalue weighted by Crippen LogP contribution is 2.46. The summed E-state index contributed by atoms with van der Waals surface area (Å²) in [6.45, 7) is 7.68. The van der Waals surface area contributed by atoms with Crippen molar-refractivity contribution in [1.29, 1.82) is 0 Å². The van der Waals surface area contributed by atoms with Crippen molar-refractivity contribution in [2.75, 3.05) is 6.54 Å². The predicted molar refractivity (Wildman–Crippen MR) is 57.1 cm³/mol. The number of fused-ring (bicyclic) bond motifs is 1. The van der Waals surface area contributed by atoms with E-state index >= 15 is 0 Å². The van der Waals surface area contributed by atoms with Crippen LogP contribution in [0.25, 0.3) is 0 Å². The first-order chi connectivity index (χ1) is 6.55. The summed E-state index contributed by atoms with van der Waals surface area (Å²) in [7, 11) is 0. The van der Waals surface area contributed by atoms with Gasteiger partial charge in [-0.25, -0.2) is 4.39 Å². The van der Waals surface area contributed by atoms with E-state index in [2.05, 4.69) is 25.7 Å². The maximum Gasteiger partial charge on any atom is 0.117 e. The van der Waals surface area contributed by atoms with Crippen LogP contribution in [0.5, 0.6) is 0 Å². The minimum absolute atomic E-state index is 0.163. The predicted octanol–water partition coefficient (Wildman–Crippen LogP) is 3.00. The van der Waals surface area contributed by atoms with Crippen molar-refractivity contribution >= 4 is 0 Å². The number of hydrogen-bond acceptors (Lipinski definition) is 1. The third-order valence-corrected chi connectivity index (χ3v) is 4.03. The van der Waals surface area contributed by atoms with Crippen LogP contribution in [0, 0.1) is 5.92 Å². The second-order valence-electron chi connectivity index (χ2n) is 5.58. The molecule has 2 rings (SSSR count). The molecule has 0 saturated carbocycles. The lowest BCUT2D eigenvalue weighted by Gasteiger charge is -2.35. The Hall–Kier alpha value is -0.110. The van der Waals surface area contributed by atoms with Gasteiger partial charge in [-0.05, 0) is 45.1 Å². The third kappa shape index (κ3) is 1.48. The van der Waals surface area contributed by atoms with Gasteiger partial charge in [0.1, 0.15) is 6.17 Å². The molecule has 1 nitrogen and oxygen atoms in total. The molecule has 14 heavy (non-hydrogen) atoms. The van der Waals surface area contributed by atoms with Crippen LogP contribution in [0.3, 0.4) is 0 Å². The van der Waals surface area contributed by atoms with Crippen LogP contribution in [0.1, 0.15) is 46.5 Å². The van der Waals surface area contributed by atoms with Crippen molar-refractivity contribution in [1.82, 2.24) is 4.90 Å². The Balaban J connectivity index is 2.16. The van der Waals surface area contributed by atoms with Crippen LogP contribution >= 0.6 is 0 Å². The fourth-order valence-corrected chi connectivity index (χ4v) is 3.61. The zero-order valence-corrected chi connectivity index (χ0v) is 9.59. The van der Waals surface area contributed by atoms with Gasteiger partial charge in [-0.2, -0.15) is 0 Å². The SMILES string of the molecule is CC(C)C[C@@]12CCCN1[C@@H](C)[C@H](F)C2. The molecule has 2 heterocycles. The average molecular weight is 199 g/mol. The molecule has 0 aliphatic carbocycles. The Morgan fingerprint density at radius 1 is 1.50 bits per heavy atom. The Bertz CT molecular complexity index is 212. The van der Waals surface area contributed by atoms with Crippen LogP contribution < -0.4 is 0 Å². The van der Waals surface area contributed by atoms with Crippen LogP contribution in [0.4, 0.5) is 4.39 Å². The van der Waals surface area contributed by atoms with E-state index in [1.807, 2.05) is 0 Å². The second kappa shape index (κ2) is 3.48. The van der Waals surface area contributed by atoms with Crippen molar-refractivity contribution in [3.05, 3.63) is 0 Å². The monoisotopic (exact) mass is 199 g/mol. The van der Waals surface area contributed by atoms with Crippen molar-refractivity contribution in [3.63, 3.8) is 0 Å². The normalized spacial score (nSPS) is 43.5. The van der Waals surface area contributed by atoms with E-state index in [-0.39, 0.29) is 11.6 Å². The first kappa shape index (κ1) is 10.4. The van der Waals surface area contributed by atoms with Gasteiger partial charge in [-0.15, -0.1) is 0 Å². The molecule has 0 aromatic rings. The van der Waals surface area contributed by atoms with Crippen LogP contribution in [0.2, 0.25) is 0 Å². The van der Waals surface area contributed by atoms with Crippen LogP contribution in [-0.2, 0) is 0 Å². The standard InChI is InChI=1S/C12H22FN/c1-9(2)7-12-5-4-6-14(12)10(3)11(13)8-12/h9-11H,4-8H2,1-3H3/t10-,11+,12+/m0/s1. The van der Waals surface area contributed by atoms with Gasteiger partial charge in [0.2, 0.25) is 0 Å². The molecule has 0 N–H and O–H groups in total. The lowest BCUT2D eigenvalue weighted by Crippen LogP contribution is -2.42. The molecular weight excluding hydrogens is 177 g/mol. The Kier molecular flexibility index (Phi) is 2.59. The largest absolute Gasteiger partial charge is 0.292 e. The van der Waals surface area contributed by atoms with Crippen LogP contribution in [-0.4, -0.2) is 29.2 Å². The molecule has 2 saturated heterocycles. The summed E-state index contributed by atoms with van der Waals surface area (Å²) in [5, 5.41) is 0. The summed E-state index contributed by atoms with van der Waals surface area (Å²) in [6, 6.07) is 0.163. The number of rotatable bonds is 2. The first-order valence-electron chi connectivity index (χ1n) is 5.96. The van der Waals surface area contributed by atoms with E-state index in [1.165, 1.54) is 19.3 Å². The molecule has 0 aromatic heterocycles. The minimum Gasteiger partial charge on any atom is -0.292 e. The van der Waals surface area contributed by atoms with Gasteiger partial charge in [0.05, 0.1) is 0 Å². The lowest BCUT2D eigenvalue weighted by atomic mass is 9.85. The highest BCUT2D eigenvalue weighted by atomic mass is 19.1. The lowest BCUT2D eigenvalue weighted by molar-refractivity contribution is 0.128. The summed E-state index contributed by atoms with van der Waals surface area (Å²) < 4.78 is 13.7. The topological polar surface area (TPSA) is 3.24 Å². The van der Waals surface area contributed by atoms with Crippen molar-refractivity contribution in [3.8, 4) is 0 Å². The van der Waals surface area contributed by atoms with Gasteiger partial charge in [0.15, 0.2) is 0 Å². The van der Waals surface area contributed by atoms with E-state index in [4.69, 9.17) is 0 Å². The van der Waals surface area contributed by atoms with Gasteiger partial charge in [0.25, 0.3) is 0 Å². The van der Waals surface area contributed by atoms with E-state index in [9.17, 15) is 4.39 Å². The van der Waals surface area contributed by atoms with Gasteiger partial charge >= 0.3 is 0 Å². The summed E-state index contributed by atoms with van der Waals surface area (Å²) in [5.41, 5.74) is 0.229. The summed E-state index contributed by atoms with van der Waals surface area (Å²) in [5.74, 6) is 0.688. The fraction of sp³-hybridized carbons (Fsp3) is 1.00. The molecule has 2 aliphatic rings. The molecular formula is C12H22FN. The second-order valence-corrected chi connectivity index (χ2v) is 5.58. The quantitative estimate of drug-likeness (QED) is 0.661. The minimum atomic E-state index is -0.589. The molecule has 0 bridgehead atoms. The highest BCUT2D eigenvalue weighted by molar-refractivity contribution is 5.07. The van der Waals surface area contributed by atoms with Crippen molar-refractivity contribution in [2.45, 2.75) is 64.2 Å². The van der Waals surface area contributed by atoms with Gasteiger partial charge < -0.3 is 0 Å². The summed E-state index contributed by atoms with van der Waals surface area (Å²) in [4.78, 5) is 2.44. The number of halogens is 1. The fourth-order valence-electron chi connectivity index (χ4n) is 3.61. The average Bonchev–Trinajstić information content (AvgIpc) is 2.53. The van der Waals surface area contributed by atoms with Crippen molar-refractivity contribution < 1.29 is 4.39 Å². The number of nitrogens with zero attached hydrogens (tertiary/aromatic N) is 1. The van der Waals surface area contributed by atoms with Crippen molar-refractivity contribution in [2.24, 2.45) is 5.92 Å². The molecule has 2 heteroatoms. The van der Waals surface area contributed by atoms with E-state index < -0.39 is 6.17 Å².